The van der Waals surface area contributed by atoms with E-state index in [0.717, 1.165) is 6.26 Å². The van der Waals surface area contributed by atoms with Crippen LogP contribution in [-0.2, 0) is 14.8 Å². The number of methoxy groups -OCH3 is 1. The molecule has 0 radical (unpaired) electrons. The lowest BCUT2D eigenvalue weighted by atomic mass is 10.1. The summed E-state index contributed by atoms with van der Waals surface area (Å²) in [7, 11) is -2.17. The Morgan fingerprint density at radius 3 is 2.32 bits per heavy atom. The van der Waals surface area contributed by atoms with Gasteiger partial charge in [0, 0.05) is 56.5 Å². The second-order valence-electron chi connectivity index (χ2n) is 7.70. The number of nitrogens with one attached hydrogen (secondary N) is 2. The number of hydrogen-bond donors (Lipinski definition) is 2. The lowest BCUT2D eigenvalue weighted by Crippen LogP contribution is -2.48. The number of carbonyl (C=O) groups excluding carboxylic acids is 2. The van der Waals surface area contributed by atoms with Crippen LogP contribution in [0.15, 0.2) is 36.4 Å². The number of ether oxygens (including phenoxy) is 1. The third kappa shape index (κ3) is 5.92. The molecule has 1 aliphatic heterocycles. The van der Waals surface area contributed by atoms with Gasteiger partial charge >= 0.3 is 0 Å². The third-order valence-corrected chi connectivity index (χ3v) is 5.85. The van der Waals surface area contributed by atoms with E-state index >= 15 is 0 Å². The van der Waals surface area contributed by atoms with Crippen LogP contribution in [0.4, 0.5) is 22.7 Å². The molecule has 0 saturated carbocycles. The van der Waals surface area contributed by atoms with Gasteiger partial charge in [-0.2, -0.15) is 0 Å². The van der Waals surface area contributed by atoms with Crippen molar-refractivity contribution in [2.24, 2.45) is 0 Å². The molecule has 13 heteroatoms. The summed E-state index contributed by atoms with van der Waals surface area (Å²) in [4.78, 5) is 39.0. The van der Waals surface area contributed by atoms with E-state index in [1.54, 1.807) is 4.90 Å². The molecule has 2 aromatic carbocycles. The van der Waals surface area contributed by atoms with E-state index in [-0.39, 0.29) is 28.6 Å². The van der Waals surface area contributed by atoms with Gasteiger partial charge in [-0.15, -0.1) is 0 Å². The van der Waals surface area contributed by atoms with Crippen molar-refractivity contribution in [3.05, 3.63) is 52.1 Å². The Morgan fingerprint density at radius 2 is 1.76 bits per heavy atom. The fourth-order valence-electron chi connectivity index (χ4n) is 3.60. The first-order valence-electron chi connectivity index (χ1n) is 10.2. The van der Waals surface area contributed by atoms with Gasteiger partial charge in [0.05, 0.1) is 24.0 Å². The topological polar surface area (TPSA) is 151 Å². The van der Waals surface area contributed by atoms with E-state index in [9.17, 15) is 28.1 Å². The molecule has 34 heavy (non-hydrogen) atoms. The van der Waals surface area contributed by atoms with Crippen LogP contribution in [0.5, 0.6) is 5.75 Å². The maximum Gasteiger partial charge on any atom is 0.293 e. The highest BCUT2D eigenvalue weighted by Gasteiger charge is 2.26. The molecule has 1 saturated heterocycles. The molecule has 0 unspecified atom stereocenters. The molecule has 1 fully saturated rings. The number of carbonyl (C=O) groups is 2. The highest BCUT2D eigenvalue weighted by molar-refractivity contribution is 7.92. The SMILES string of the molecule is COc1cc(NC(=O)c2ccc(N3CCN(C(C)=O)CC3)c([N+](=O)[O-])c2)ccc1NS(C)(=O)=O. The average Bonchev–Trinajstić information content (AvgIpc) is 2.78. The van der Waals surface area contributed by atoms with Gasteiger partial charge in [0.2, 0.25) is 15.9 Å². The normalized spacial score (nSPS) is 13.9. The summed E-state index contributed by atoms with van der Waals surface area (Å²) in [6, 6.07) is 8.57. The summed E-state index contributed by atoms with van der Waals surface area (Å²) in [5, 5.41) is 14.3. The van der Waals surface area contributed by atoms with E-state index in [1.807, 2.05) is 4.90 Å². The van der Waals surface area contributed by atoms with Crippen molar-refractivity contribution in [2.45, 2.75) is 6.92 Å². The first-order valence-corrected chi connectivity index (χ1v) is 12.1. The monoisotopic (exact) mass is 491 g/mol. The van der Waals surface area contributed by atoms with E-state index in [0.29, 0.717) is 37.6 Å². The van der Waals surface area contributed by atoms with Crippen molar-refractivity contribution in [3.63, 3.8) is 0 Å². The van der Waals surface area contributed by atoms with Gasteiger partial charge < -0.3 is 19.9 Å². The average molecular weight is 492 g/mol. The van der Waals surface area contributed by atoms with Gasteiger partial charge in [-0.1, -0.05) is 0 Å². The smallest absolute Gasteiger partial charge is 0.293 e. The molecule has 2 amide bonds. The molecular formula is C21H25N5O7S. The first-order chi connectivity index (χ1) is 16.0. The lowest BCUT2D eigenvalue weighted by molar-refractivity contribution is -0.384. The van der Waals surface area contributed by atoms with Crippen molar-refractivity contribution >= 4 is 44.6 Å². The number of hydrogen-bond acceptors (Lipinski definition) is 8. The molecule has 0 atom stereocenters. The number of nitrogens with zero attached hydrogens (tertiary/aromatic N) is 3. The number of nitro groups is 1. The summed E-state index contributed by atoms with van der Waals surface area (Å²) >= 11 is 0. The molecule has 0 aromatic heterocycles. The number of nitro benzene ring substituents is 1. The molecule has 0 bridgehead atoms. The lowest BCUT2D eigenvalue weighted by Gasteiger charge is -2.35. The molecule has 1 heterocycles. The zero-order chi connectivity index (χ0) is 25.0. The first kappa shape index (κ1) is 24.8. The van der Waals surface area contributed by atoms with Crippen molar-refractivity contribution in [1.29, 1.82) is 0 Å². The predicted molar refractivity (Wildman–Crippen MR) is 127 cm³/mol. The van der Waals surface area contributed by atoms with Crippen LogP contribution in [-0.4, -0.2) is 69.6 Å². The van der Waals surface area contributed by atoms with Gasteiger partial charge in [-0.3, -0.25) is 24.4 Å². The number of piperazine rings is 1. The van der Waals surface area contributed by atoms with E-state index in [4.69, 9.17) is 4.74 Å². The Hall–Kier alpha value is -3.87. The zero-order valence-electron chi connectivity index (χ0n) is 18.9. The second-order valence-corrected chi connectivity index (χ2v) is 9.45. The van der Waals surface area contributed by atoms with Crippen LogP contribution in [0.1, 0.15) is 17.3 Å². The van der Waals surface area contributed by atoms with Gasteiger partial charge in [-0.25, -0.2) is 8.42 Å². The summed E-state index contributed by atoms with van der Waals surface area (Å²) in [5.41, 5.74) is 0.757. The maximum absolute atomic E-state index is 12.8. The predicted octanol–water partition coefficient (Wildman–Crippen LogP) is 1.90. The van der Waals surface area contributed by atoms with Gasteiger partial charge in [0.15, 0.2) is 0 Å². The Bertz CT molecular complexity index is 1220. The minimum atomic E-state index is -3.53. The van der Waals surface area contributed by atoms with E-state index in [2.05, 4.69) is 10.0 Å². The van der Waals surface area contributed by atoms with Crippen LogP contribution < -0.4 is 19.7 Å². The summed E-state index contributed by atoms with van der Waals surface area (Å²) < 4.78 is 30.4. The second kappa shape index (κ2) is 9.95. The number of amides is 2. The molecule has 0 spiro atoms. The van der Waals surface area contributed by atoms with Crippen LogP contribution in [0, 0.1) is 10.1 Å². The van der Waals surface area contributed by atoms with E-state index < -0.39 is 20.9 Å². The fourth-order valence-corrected chi connectivity index (χ4v) is 4.16. The number of sulfonamides is 1. The Morgan fingerprint density at radius 1 is 1.09 bits per heavy atom. The number of rotatable bonds is 7. The molecule has 1 aliphatic rings. The molecule has 2 N–H and O–H groups in total. The van der Waals surface area contributed by atoms with Crippen LogP contribution in [0.3, 0.4) is 0 Å². The van der Waals surface area contributed by atoms with Crippen LogP contribution >= 0.6 is 0 Å². The maximum atomic E-state index is 12.8. The molecular weight excluding hydrogens is 466 g/mol. The molecule has 0 aliphatic carbocycles. The summed E-state index contributed by atoms with van der Waals surface area (Å²) in [6.07, 6.45) is 1.00. The number of benzene rings is 2. The fraction of sp³-hybridized carbons (Fsp3) is 0.333. The minimum absolute atomic E-state index is 0.0436. The highest BCUT2D eigenvalue weighted by Crippen LogP contribution is 2.32. The zero-order valence-corrected chi connectivity index (χ0v) is 19.7. The van der Waals surface area contributed by atoms with Crippen LogP contribution in [0.25, 0.3) is 0 Å². The van der Waals surface area contributed by atoms with Crippen molar-refractivity contribution in [2.75, 3.05) is 54.5 Å². The van der Waals surface area contributed by atoms with E-state index in [1.165, 1.54) is 50.4 Å². The third-order valence-electron chi connectivity index (χ3n) is 5.25. The quantitative estimate of drug-likeness (QED) is 0.440. The van der Waals surface area contributed by atoms with Crippen LogP contribution in [0.2, 0.25) is 0 Å². The molecule has 2 aromatic rings. The summed E-state index contributed by atoms with van der Waals surface area (Å²) in [6.45, 7) is 3.29. The van der Waals surface area contributed by atoms with Crippen molar-refractivity contribution < 1.29 is 27.7 Å². The molecule has 12 nitrogen and oxygen atoms in total. The van der Waals surface area contributed by atoms with Gasteiger partial charge in [-0.05, 0) is 24.3 Å². The molecule has 182 valence electrons. The minimum Gasteiger partial charge on any atom is -0.494 e. The van der Waals surface area contributed by atoms with Crippen molar-refractivity contribution in [3.8, 4) is 5.75 Å². The number of anilines is 3. The Balaban J connectivity index is 1.80. The van der Waals surface area contributed by atoms with Gasteiger partial charge in [0.1, 0.15) is 11.4 Å². The Kier molecular flexibility index (Phi) is 7.25. The standard InChI is InChI=1S/C21H25N5O7S/c1-14(27)24-8-10-25(11-9-24)18-7-4-15(12-19(18)26(29)30)21(28)22-16-5-6-17(20(13-16)33-2)23-34(3,31)32/h4-7,12-13,23H,8-11H2,1-3H3,(H,22,28). The van der Waals surface area contributed by atoms with Crippen molar-refractivity contribution in [1.82, 2.24) is 4.90 Å². The largest absolute Gasteiger partial charge is 0.494 e. The van der Waals surface area contributed by atoms with Gasteiger partial charge in [0.25, 0.3) is 11.6 Å². The molecule has 3 rings (SSSR count). The highest BCUT2D eigenvalue weighted by atomic mass is 32.2. The Labute approximate surface area is 196 Å². The summed E-state index contributed by atoms with van der Waals surface area (Å²) in [5.74, 6) is -0.436.